The van der Waals surface area contributed by atoms with Gasteiger partial charge in [0.25, 0.3) is 0 Å². The number of aliphatic hydroxyl groups excluding tert-OH is 1. The Labute approximate surface area is 218 Å². The molecule has 0 amide bonds. The van der Waals surface area contributed by atoms with E-state index >= 15 is 0 Å². The number of carbonyl (C=O) groups excluding carboxylic acids is 1. The maximum Gasteiger partial charge on any atom is 0.337 e. The molecule has 1 aromatic heterocycles. The number of ether oxygens (including phenoxy) is 1. The van der Waals surface area contributed by atoms with Gasteiger partial charge in [0.2, 0.25) is 0 Å². The summed E-state index contributed by atoms with van der Waals surface area (Å²) < 4.78 is 7.25. The molecule has 0 radical (unpaired) electrons. The summed E-state index contributed by atoms with van der Waals surface area (Å²) in [6, 6.07) is 14.4. The number of hydrogen-bond donors (Lipinski definition) is 1. The summed E-state index contributed by atoms with van der Waals surface area (Å²) in [4.78, 5) is 17.4. The molecule has 1 N–H and O–H groups in total. The first-order valence-electron chi connectivity index (χ1n) is 13.1. The van der Waals surface area contributed by atoms with Crippen LogP contribution in [0.25, 0.3) is 10.9 Å². The van der Waals surface area contributed by atoms with E-state index in [0.29, 0.717) is 24.1 Å². The number of hydrogen-bond acceptors (Lipinski definition) is 5. The molecule has 36 heavy (non-hydrogen) atoms. The highest BCUT2D eigenvalue weighted by atomic mass is 35.5. The summed E-state index contributed by atoms with van der Waals surface area (Å²) in [6.45, 7) is 6.24. The van der Waals surface area contributed by atoms with Crippen LogP contribution in [-0.2, 0) is 17.8 Å². The quantitative estimate of drug-likeness (QED) is 0.464. The summed E-state index contributed by atoms with van der Waals surface area (Å²) in [5.41, 5.74) is 4.12. The third-order valence-corrected chi connectivity index (χ3v) is 8.18. The molecule has 5 rings (SSSR count). The zero-order valence-electron chi connectivity index (χ0n) is 21.0. The fourth-order valence-corrected chi connectivity index (χ4v) is 6.05. The highest BCUT2D eigenvalue weighted by Crippen LogP contribution is 2.28. The summed E-state index contributed by atoms with van der Waals surface area (Å²) in [5, 5.41) is 11.4. The second-order valence-corrected chi connectivity index (χ2v) is 10.8. The molecule has 7 heteroatoms. The van der Waals surface area contributed by atoms with Crippen molar-refractivity contribution < 1.29 is 14.6 Å². The van der Waals surface area contributed by atoms with Crippen LogP contribution in [0, 0.1) is 5.92 Å². The van der Waals surface area contributed by atoms with Crippen LogP contribution in [0.1, 0.15) is 47.2 Å². The Hall–Kier alpha value is -2.38. The van der Waals surface area contributed by atoms with Crippen molar-refractivity contribution in [1.29, 1.82) is 0 Å². The predicted molar refractivity (Wildman–Crippen MR) is 144 cm³/mol. The van der Waals surface area contributed by atoms with Crippen LogP contribution in [0.2, 0.25) is 5.02 Å². The van der Waals surface area contributed by atoms with Crippen molar-refractivity contribution in [2.75, 3.05) is 39.9 Å². The third kappa shape index (κ3) is 5.62. The maximum atomic E-state index is 12.2. The van der Waals surface area contributed by atoms with Crippen LogP contribution < -0.4 is 0 Å². The molecule has 1 unspecified atom stereocenters. The van der Waals surface area contributed by atoms with Crippen LogP contribution in [0.15, 0.2) is 48.7 Å². The number of aliphatic hydroxyl groups is 1. The molecule has 2 saturated heterocycles. The minimum atomic E-state index is -0.308. The minimum absolute atomic E-state index is 0.308. The molecule has 2 aromatic carbocycles. The second-order valence-electron chi connectivity index (χ2n) is 10.3. The monoisotopic (exact) mass is 509 g/mol. The van der Waals surface area contributed by atoms with Gasteiger partial charge in [0.05, 0.1) is 12.7 Å². The molecule has 1 atom stereocenters. The van der Waals surface area contributed by atoms with Gasteiger partial charge < -0.3 is 14.4 Å². The van der Waals surface area contributed by atoms with Crippen LogP contribution >= 0.6 is 11.6 Å². The Morgan fingerprint density at radius 1 is 1.06 bits per heavy atom. The Kier molecular flexibility index (Phi) is 7.96. The number of esters is 1. The summed E-state index contributed by atoms with van der Waals surface area (Å²) in [6.07, 6.45) is 6.91. The number of nitrogens with zero attached hydrogens (tertiary/aromatic N) is 3. The molecule has 6 nitrogen and oxygen atoms in total. The van der Waals surface area contributed by atoms with Crippen LogP contribution in [0.5, 0.6) is 0 Å². The van der Waals surface area contributed by atoms with Gasteiger partial charge in [0, 0.05) is 54.4 Å². The van der Waals surface area contributed by atoms with E-state index in [9.17, 15) is 9.90 Å². The topological polar surface area (TPSA) is 57.9 Å². The minimum Gasteiger partial charge on any atom is -0.465 e. The molecule has 0 saturated carbocycles. The Morgan fingerprint density at radius 2 is 1.83 bits per heavy atom. The van der Waals surface area contributed by atoms with Gasteiger partial charge in [-0.15, -0.1) is 0 Å². The number of carbonyl (C=O) groups is 1. The SMILES string of the molecule is COC(=O)c1ccc2c(c1)c(CN1CCC(N3CCCC(CO)C3)CC1)cn2Cc1ccc(Cl)cc1. The van der Waals surface area contributed by atoms with E-state index in [1.807, 2.05) is 30.3 Å². The Bertz CT molecular complexity index is 1180. The largest absolute Gasteiger partial charge is 0.465 e. The number of piperidine rings is 2. The molecular weight excluding hydrogens is 474 g/mol. The number of halogens is 1. The van der Waals surface area contributed by atoms with Crippen molar-refractivity contribution in [3.05, 3.63) is 70.4 Å². The molecule has 3 heterocycles. The number of aromatic nitrogens is 1. The van der Waals surface area contributed by atoms with Crippen LogP contribution in [0.3, 0.4) is 0 Å². The molecule has 3 aromatic rings. The molecular formula is C29H36ClN3O3. The van der Waals surface area contributed by atoms with Crippen molar-refractivity contribution in [2.45, 2.75) is 44.8 Å². The highest BCUT2D eigenvalue weighted by molar-refractivity contribution is 6.30. The van der Waals surface area contributed by atoms with E-state index < -0.39 is 0 Å². The number of likely N-dealkylation sites (tertiary alicyclic amines) is 2. The predicted octanol–water partition coefficient (Wildman–Crippen LogP) is 4.80. The first kappa shape index (κ1) is 25.3. The van der Waals surface area contributed by atoms with Gasteiger partial charge in [-0.1, -0.05) is 23.7 Å². The average molecular weight is 510 g/mol. The molecule has 2 aliphatic heterocycles. The number of methoxy groups -OCH3 is 1. The highest BCUT2D eigenvalue weighted by Gasteiger charge is 2.29. The molecule has 2 aliphatic rings. The van der Waals surface area contributed by atoms with Crippen molar-refractivity contribution >= 4 is 28.5 Å². The van der Waals surface area contributed by atoms with E-state index in [2.05, 4.69) is 32.7 Å². The fraction of sp³-hybridized carbons (Fsp3) is 0.483. The zero-order chi connectivity index (χ0) is 25.1. The zero-order valence-corrected chi connectivity index (χ0v) is 21.8. The van der Waals surface area contributed by atoms with E-state index in [0.717, 1.165) is 74.5 Å². The number of rotatable bonds is 7. The normalized spacial score (nSPS) is 20.1. The lowest BCUT2D eigenvalue weighted by molar-refractivity contribution is 0.0527. The van der Waals surface area contributed by atoms with Crippen molar-refractivity contribution in [3.8, 4) is 0 Å². The lowest BCUT2D eigenvalue weighted by Gasteiger charge is -2.42. The second kappa shape index (κ2) is 11.3. The van der Waals surface area contributed by atoms with Gasteiger partial charge in [-0.2, -0.15) is 0 Å². The van der Waals surface area contributed by atoms with Gasteiger partial charge in [0.15, 0.2) is 0 Å². The Morgan fingerprint density at radius 3 is 2.56 bits per heavy atom. The smallest absolute Gasteiger partial charge is 0.337 e. The van der Waals surface area contributed by atoms with E-state index in [-0.39, 0.29) is 5.97 Å². The van der Waals surface area contributed by atoms with Gasteiger partial charge in [-0.25, -0.2) is 4.79 Å². The number of fused-ring (bicyclic) bond motifs is 1. The van der Waals surface area contributed by atoms with E-state index in [1.54, 1.807) is 0 Å². The van der Waals surface area contributed by atoms with Crippen molar-refractivity contribution in [2.24, 2.45) is 5.92 Å². The first-order valence-corrected chi connectivity index (χ1v) is 13.4. The lowest BCUT2D eigenvalue weighted by atomic mass is 9.94. The molecule has 0 aliphatic carbocycles. The molecule has 0 bridgehead atoms. The van der Waals surface area contributed by atoms with Gasteiger partial charge in [-0.05, 0) is 92.7 Å². The van der Waals surface area contributed by atoms with Gasteiger partial charge >= 0.3 is 5.97 Å². The van der Waals surface area contributed by atoms with Crippen LogP contribution in [-0.4, -0.2) is 71.4 Å². The van der Waals surface area contributed by atoms with Gasteiger partial charge in [0.1, 0.15) is 0 Å². The Balaban J connectivity index is 1.33. The molecule has 0 spiro atoms. The molecule has 2 fully saturated rings. The van der Waals surface area contributed by atoms with E-state index in [4.69, 9.17) is 16.3 Å². The lowest BCUT2D eigenvalue weighted by Crippen LogP contribution is -2.48. The first-order chi connectivity index (χ1) is 17.5. The van der Waals surface area contributed by atoms with Crippen molar-refractivity contribution in [3.63, 3.8) is 0 Å². The fourth-order valence-electron chi connectivity index (χ4n) is 5.92. The maximum absolute atomic E-state index is 12.2. The average Bonchev–Trinajstić information content (AvgIpc) is 3.25. The third-order valence-electron chi connectivity index (χ3n) is 7.93. The summed E-state index contributed by atoms with van der Waals surface area (Å²) in [7, 11) is 1.43. The van der Waals surface area contributed by atoms with Crippen molar-refractivity contribution in [1.82, 2.24) is 14.4 Å². The number of benzene rings is 2. The summed E-state index contributed by atoms with van der Waals surface area (Å²) >= 11 is 6.09. The molecule has 192 valence electrons. The van der Waals surface area contributed by atoms with Gasteiger partial charge in [-0.3, -0.25) is 9.80 Å². The summed E-state index contributed by atoms with van der Waals surface area (Å²) in [5.74, 6) is 0.129. The van der Waals surface area contributed by atoms with Crippen LogP contribution in [0.4, 0.5) is 0 Å². The van der Waals surface area contributed by atoms with E-state index in [1.165, 1.54) is 24.7 Å². The standard InChI is InChI=1S/C29H36ClN3O3/c1-36-29(35)23-6-9-28-27(15-23)24(19-33(28)16-21-4-7-25(30)8-5-21)18-31-13-10-26(11-14-31)32-12-2-3-22(17-32)20-34/h4-9,15,19,22,26,34H,2-3,10-14,16-18,20H2,1H3.